The zero-order chi connectivity index (χ0) is 29.0. The van der Waals surface area contributed by atoms with Gasteiger partial charge in [0.25, 0.3) is 0 Å². The summed E-state index contributed by atoms with van der Waals surface area (Å²) in [7, 11) is 0. The van der Waals surface area contributed by atoms with Crippen molar-refractivity contribution in [2.75, 3.05) is 0 Å². The highest BCUT2D eigenvalue weighted by Gasteiger charge is 2.14. The molecule has 0 saturated carbocycles. The van der Waals surface area contributed by atoms with Crippen molar-refractivity contribution in [2.24, 2.45) is 0 Å². The van der Waals surface area contributed by atoms with Crippen molar-refractivity contribution >= 4 is 43.7 Å². The second kappa shape index (κ2) is 9.86. The van der Waals surface area contributed by atoms with Crippen LogP contribution in [0, 0.1) is 0 Å². The number of furan rings is 1. The first-order valence-electron chi connectivity index (χ1n) is 15.0. The van der Waals surface area contributed by atoms with Crippen molar-refractivity contribution in [3.05, 3.63) is 164 Å². The van der Waals surface area contributed by atoms with Gasteiger partial charge in [-0.15, -0.1) is 0 Å². The predicted octanol–water partition coefficient (Wildman–Crippen LogP) is 11.7. The molecular formula is C42H27NO. The molecule has 0 radical (unpaired) electrons. The molecule has 2 nitrogen and oxygen atoms in total. The minimum Gasteiger partial charge on any atom is -0.456 e. The number of benzene rings is 7. The van der Waals surface area contributed by atoms with Crippen LogP contribution < -0.4 is 0 Å². The van der Waals surface area contributed by atoms with E-state index in [0.717, 1.165) is 27.6 Å². The Bertz CT molecular complexity index is 2440. The van der Waals surface area contributed by atoms with Crippen molar-refractivity contribution in [1.82, 2.24) is 4.57 Å². The fourth-order valence-electron chi connectivity index (χ4n) is 6.67. The average molecular weight is 562 g/mol. The lowest BCUT2D eigenvalue weighted by molar-refractivity contribution is 0.669. The maximum absolute atomic E-state index is 6.30. The van der Waals surface area contributed by atoms with Crippen LogP contribution in [0.25, 0.3) is 82.8 Å². The molecule has 9 aromatic rings. The van der Waals surface area contributed by atoms with Crippen LogP contribution in [0.4, 0.5) is 0 Å². The van der Waals surface area contributed by atoms with Crippen molar-refractivity contribution in [3.63, 3.8) is 0 Å². The molecule has 0 atom stereocenters. The van der Waals surface area contributed by atoms with Gasteiger partial charge < -0.3 is 8.98 Å². The normalized spacial score (nSPS) is 11.6. The van der Waals surface area contributed by atoms with Gasteiger partial charge in [0.15, 0.2) is 0 Å². The second-order valence-electron chi connectivity index (χ2n) is 11.4. The van der Waals surface area contributed by atoms with E-state index in [1.54, 1.807) is 0 Å². The summed E-state index contributed by atoms with van der Waals surface area (Å²) in [5, 5.41) is 4.79. The SMILES string of the molecule is c1ccc(-c2cccc(-c3ccc4oc5ccc(-c6cccc(-n7c8ccccc8c8ccccc87)c6)cc5c4c3)c2)cc1. The Balaban J connectivity index is 1.16. The minimum absolute atomic E-state index is 0.900. The van der Waals surface area contributed by atoms with Gasteiger partial charge in [-0.3, -0.25) is 0 Å². The molecule has 0 N–H and O–H groups in total. The molecule has 44 heavy (non-hydrogen) atoms. The molecule has 206 valence electrons. The van der Waals surface area contributed by atoms with Crippen LogP contribution in [0.1, 0.15) is 0 Å². The minimum atomic E-state index is 0.900. The summed E-state index contributed by atoms with van der Waals surface area (Å²) in [4.78, 5) is 0. The maximum Gasteiger partial charge on any atom is 0.135 e. The first kappa shape index (κ1) is 24.7. The monoisotopic (exact) mass is 561 g/mol. The van der Waals surface area contributed by atoms with Gasteiger partial charge in [-0.25, -0.2) is 0 Å². The maximum atomic E-state index is 6.30. The summed E-state index contributed by atoms with van der Waals surface area (Å²) in [6.45, 7) is 0. The summed E-state index contributed by atoms with van der Waals surface area (Å²) in [6.07, 6.45) is 0. The Kier molecular flexibility index (Phi) is 5.54. The van der Waals surface area contributed by atoms with Gasteiger partial charge in [-0.1, -0.05) is 109 Å². The van der Waals surface area contributed by atoms with Gasteiger partial charge in [0.2, 0.25) is 0 Å². The molecule has 2 heteroatoms. The molecule has 0 unspecified atom stereocenters. The van der Waals surface area contributed by atoms with Gasteiger partial charge in [0.05, 0.1) is 11.0 Å². The van der Waals surface area contributed by atoms with Gasteiger partial charge >= 0.3 is 0 Å². The quantitative estimate of drug-likeness (QED) is 0.209. The molecule has 0 saturated heterocycles. The number of hydrogen-bond donors (Lipinski definition) is 0. The summed E-state index contributed by atoms with van der Waals surface area (Å²) >= 11 is 0. The topological polar surface area (TPSA) is 18.1 Å². The highest BCUT2D eigenvalue weighted by atomic mass is 16.3. The lowest BCUT2D eigenvalue weighted by Crippen LogP contribution is -1.94. The van der Waals surface area contributed by atoms with Crippen LogP contribution in [-0.2, 0) is 0 Å². The summed E-state index contributed by atoms with van der Waals surface area (Å²) < 4.78 is 8.67. The molecule has 0 aliphatic heterocycles. The third kappa shape index (κ3) is 3.96. The molecule has 9 rings (SSSR count). The summed E-state index contributed by atoms with van der Waals surface area (Å²) in [6, 6.07) is 58.5. The number of hydrogen-bond acceptors (Lipinski definition) is 1. The van der Waals surface area contributed by atoms with E-state index in [4.69, 9.17) is 4.42 Å². The smallest absolute Gasteiger partial charge is 0.135 e. The first-order valence-corrected chi connectivity index (χ1v) is 15.0. The van der Waals surface area contributed by atoms with Crippen LogP contribution in [0.2, 0.25) is 0 Å². The summed E-state index contributed by atoms with van der Waals surface area (Å²) in [5.74, 6) is 0. The van der Waals surface area contributed by atoms with Crippen LogP contribution in [0.5, 0.6) is 0 Å². The van der Waals surface area contributed by atoms with Crippen molar-refractivity contribution in [3.8, 4) is 39.1 Å². The average Bonchev–Trinajstić information content (AvgIpc) is 3.64. The fourth-order valence-corrected chi connectivity index (χ4v) is 6.67. The molecule has 0 spiro atoms. The summed E-state index contributed by atoms with van der Waals surface area (Å²) in [5.41, 5.74) is 12.5. The Morgan fingerprint density at radius 1 is 0.318 bits per heavy atom. The van der Waals surface area contributed by atoms with Crippen molar-refractivity contribution in [1.29, 1.82) is 0 Å². The molecule has 0 amide bonds. The molecule has 2 heterocycles. The Morgan fingerprint density at radius 3 is 1.43 bits per heavy atom. The van der Waals surface area contributed by atoms with E-state index in [1.807, 2.05) is 0 Å². The lowest BCUT2D eigenvalue weighted by atomic mass is 9.97. The Hall–Kier alpha value is -5.86. The largest absolute Gasteiger partial charge is 0.456 e. The third-order valence-electron chi connectivity index (χ3n) is 8.79. The third-order valence-corrected chi connectivity index (χ3v) is 8.79. The molecule has 0 fully saturated rings. The van der Waals surface area contributed by atoms with Crippen molar-refractivity contribution < 1.29 is 4.42 Å². The highest BCUT2D eigenvalue weighted by molar-refractivity contribution is 6.10. The van der Waals surface area contributed by atoms with E-state index in [9.17, 15) is 0 Å². The molecule has 2 aromatic heterocycles. The van der Waals surface area contributed by atoms with Crippen LogP contribution in [0.15, 0.2) is 168 Å². The van der Waals surface area contributed by atoms with E-state index in [0.29, 0.717) is 0 Å². The van der Waals surface area contributed by atoms with Gasteiger partial charge in [0.1, 0.15) is 11.2 Å². The van der Waals surface area contributed by atoms with E-state index in [1.165, 1.54) is 55.2 Å². The molecule has 0 bridgehead atoms. The molecule has 0 aliphatic rings. The number of aromatic nitrogens is 1. The predicted molar refractivity (Wildman–Crippen MR) is 184 cm³/mol. The van der Waals surface area contributed by atoms with E-state index >= 15 is 0 Å². The lowest BCUT2D eigenvalue weighted by Gasteiger charge is -2.10. The second-order valence-corrected chi connectivity index (χ2v) is 11.4. The number of para-hydroxylation sites is 2. The van der Waals surface area contributed by atoms with Gasteiger partial charge in [-0.05, 0) is 88.0 Å². The molecule has 0 aliphatic carbocycles. The first-order chi connectivity index (χ1) is 21.8. The van der Waals surface area contributed by atoms with E-state index in [-0.39, 0.29) is 0 Å². The molecular weight excluding hydrogens is 534 g/mol. The number of rotatable bonds is 4. The Labute approximate surface area is 255 Å². The van der Waals surface area contributed by atoms with Gasteiger partial charge in [0, 0.05) is 27.2 Å². The number of fused-ring (bicyclic) bond motifs is 6. The molecule has 7 aromatic carbocycles. The number of nitrogens with zero attached hydrogens (tertiary/aromatic N) is 1. The zero-order valence-corrected chi connectivity index (χ0v) is 23.9. The van der Waals surface area contributed by atoms with Crippen LogP contribution >= 0.6 is 0 Å². The van der Waals surface area contributed by atoms with E-state index in [2.05, 4.69) is 168 Å². The zero-order valence-electron chi connectivity index (χ0n) is 23.9. The fraction of sp³-hybridized carbons (Fsp3) is 0. The van der Waals surface area contributed by atoms with E-state index < -0.39 is 0 Å². The Morgan fingerprint density at radius 2 is 0.795 bits per heavy atom. The van der Waals surface area contributed by atoms with Crippen molar-refractivity contribution in [2.45, 2.75) is 0 Å². The van der Waals surface area contributed by atoms with Gasteiger partial charge in [-0.2, -0.15) is 0 Å². The van der Waals surface area contributed by atoms with Crippen LogP contribution in [-0.4, -0.2) is 4.57 Å². The highest BCUT2D eigenvalue weighted by Crippen LogP contribution is 2.37. The standard InChI is InChI=1S/C42H27NO/c1-2-10-28(11-3-1)29-12-8-13-30(24-29)32-20-22-41-37(26-32)38-27-33(21-23-42(38)44-41)31-14-9-15-34(25-31)43-39-18-6-4-16-35(39)36-17-5-7-19-40(36)43/h1-27H. The van der Waals surface area contributed by atoms with Crippen LogP contribution in [0.3, 0.4) is 0 Å².